The lowest BCUT2D eigenvalue weighted by molar-refractivity contribution is 0.0984. The second-order valence-electron chi connectivity index (χ2n) is 8.82. The minimum absolute atomic E-state index is 0.114. The summed E-state index contributed by atoms with van der Waals surface area (Å²) in [5, 5.41) is 0.114. The smallest absolute Gasteiger partial charge is 0.191 e. The van der Waals surface area contributed by atoms with Crippen LogP contribution in [0.2, 0.25) is 18.1 Å². The third-order valence-electron chi connectivity index (χ3n) is 5.43. The summed E-state index contributed by atoms with van der Waals surface area (Å²) >= 11 is 0. The molecule has 29 heavy (non-hydrogen) atoms. The van der Waals surface area contributed by atoms with E-state index in [1.807, 2.05) is 12.1 Å². The minimum atomic E-state index is -1.90. The molecule has 1 aromatic rings. The van der Waals surface area contributed by atoms with E-state index in [4.69, 9.17) is 18.6 Å². The topological polar surface area (TPSA) is 66.4 Å². The lowest BCUT2D eigenvalue weighted by Crippen LogP contribution is -2.41. The molecule has 6 nitrogen and oxygen atoms in total. The molecule has 8 heteroatoms. The van der Waals surface area contributed by atoms with Crippen LogP contribution in [0.4, 0.5) is 0 Å². The Kier molecular flexibility index (Phi) is 9.07. The normalized spacial score (nSPS) is 14.6. The number of ether oxygens (including phenoxy) is 3. The Balaban J connectivity index is 3.26. The van der Waals surface area contributed by atoms with Crippen molar-refractivity contribution in [2.45, 2.75) is 64.1 Å². The molecule has 0 aliphatic carbocycles. The van der Waals surface area contributed by atoms with Crippen LogP contribution in [0.5, 0.6) is 11.5 Å². The first kappa shape index (κ1) is 25.8. The second-order valence-corrected chi connectivity index (χ2v) is 15.3. The molecule has 0 aliphatic heterocycles. The highest BCUT2D eigenvalue weighted by Crippen LogP contribution is 2.36. The minimum Gasteiger partial charge on any atom is -0.497 e. The highest BCUT2D eigenvalue weighted by atomic mass is 32.2. The molecule has 1 atom stereocenters. The van der Waals surface area contributed by atoms with Crippen LogP contribution in [0.3, 0.4) is 0 Å². The van der Waals surface area contributed by atoms with Crippen molar-refractivity contribution in [1.29, 1.82) is 0 Å². The molecular weight excluding hydrogens is 406 g/mol. The van der Waals surface area contributed by atoms with Gasteiger partial charge >= 0.3 is 0 Å². The van der Waals surface area contributed by atoms with Crippen LogP contribution >= 0.6 is 0 Å². The molecule has 0 radical (unpaired) electrons. The highest BCUT2D eigenvalue weighted by molar-refractivity contribution is 7.85. The van der Waals surface area contributed by atoms with Crippen LogP contribution in [-0.2, 0) is 20.1 Å². The first-order valence-electron chi connectivity index (χ1n) is 9.70. The summed E-state index contributed by atoms with van der Waals surface area (Å²) in [7, 11) is 1.24. The van der Waals surface area contributed by atoms with Gasteiger partial charge in [-0.15, -0.1) is 0 Å². The monoisotopic (exact) mass is 443 g/mol. The van der Waals surface area contributed by atoms with Gasteiger partial charge in [0.1, 0.15) is 11.5 Å². The second kappa shape index (κ2) is 10.2. The molecule has 0 saturated heterocycles. The summed E-state index contributed by atoms with van der Waals surface area (Å²) in [5.41, 5.74) is 1.43. The average Bonchev–Trinajstić information content (AvgIpc) is 2.65. The number of hydrogen-bond donors (Lipinski definition) is 0. The fourth-order valence-corrected chi connectivity index (χ4v) is 3.96. The van der Waals surface area contributed by atoms with Crippen molar-refractivity contribution < 1.29 is 22.8 Å². The van der Waals surface area contributed by atoms with Gasteiger partial charge in [-0.25, -0.2) is 4.21 Å². The van der Waals surface area contributed by atoms with Gasteiger partial charge < -0.3 is 18.6 Å². The molecule has 1 aromatic carbocycles. The fraction of sp³-hybridized carbons (Fsp3) is 0.667. The quantitative estimate of drug-likeness (QED) is 0.378. The maximum atomic E-state index is 12.8. The molecule has 0 spiro atoms. The van der Waals surface area contributed by atoms with Gasteiger partial charge in [-0.3, -0.25) is 0 Å². The van der Waals surface area contributed by atoms with Crippen molar-refractivity contribution >= 4 is 25.0 Å². The van der Waals surface area contributed by atoms with E-state index >= 15 is 0 Å². The largest absolute Gasteiger partial charge is 0.497 e. The number of benzene rings is 1. The molecule has 0 aliphatic rings. The molecule has 0 amide bonds. The number of nitrogens with zero attached hydrogens (tertiary/aromatic N) is 1. The summed E-state index contributed by atoms with van der Waals surface area (Å²) in [4.78, 5) is -0.898. The van der Waals surface area contributed by atoms with E-state index in [2.05, 4.69) is 38.3 Å². The summed E-state index contributed by atoms with van der Waals surface area (Å²) in [6.07, 6.45) is 0.515. The van der Waals surface area contributed by atoms with Gasteiger partial charge in [0.15, 0.2) is 24.2 Å². The van der Waals surface area contributed by atoms with Crippen molar-refractivity contribution in [2.24, 2.45) is 4.40 Å². The van der Waals surface area contributed by atoms with Crippen LogP contribution in [0.25, 0.3) is 0 Å². The molecule has 166 valence electrons. The van der Waals surface area contributed by atoms with E-state index in [0.29, 0.717) is 30.2 Å². The average molecular weight is 444 g/mol. The maximum Gasteiger partial charge on any atom is 0.191 e. The van der Waals surface area contributed by atoms with Gasteiger partial charge in [-0.1, -0.05) is 20.8 Å². The lowest BCUT2D eigenvalue weighted by Gasteiger charge is -2.36. The van der Waals surface area contributed by atoms with Crippen molar-refractivity contribution in [1.82, 2.24) is 0 Å². The van der Waals surface area contributed by atoms with Gasteiger partial charge in [0.2, 0.25) is 0 Å². The SMILES string of the molecule is COc1ccc(C(CCO[Si](C)(C)C(C)(C)C)=NS(=O)C(C)(C)OC)c(OC)c1. The van der Waals surface area contributed by atoms with Crippen molar-refractivity contribution in [3.05, 3.63) is 23.8 Å². The van der Waals surface area contributed by atoms with Gasteiger partial charge in [0.05, 0.1) is 19.9 Å². The Morgan fingerprint density at radius 2 is 1.69 bits per heavy atom. The molecule has 0 N–H and O–H groups in total. The molecule has 1 rings (SSSR count). The molecule has 0 bridgehead atoms. The van der Waals surface area contributed by atoms with Crippen LogP contribution < -0.4 is 9.47 Å². The van der Waals surface area contributed by atoms with E-state index < -0.39 is 24.2 Å². The van der Waals surface area contributed by atoms with Gasteiger partial charge in [0.25, 0.3) is 0 Å². The summed E-state index contributed by atoms with van der Waals surface area (Å²) in [6, 6.07) is 5.51. The molecule has 0 aromatic heterocycles. The Hall–Kier alpha value is -1.22. The van der Waals surface area contributed by atoms with Gasteiger partial charge in [-0.05, 0) is 44.1 Å². The number of methoxy groups -OCH3 is 3. The Morgan fingerprint density at radius 1 is 1.07 bits per heavy atom. The Bertz CT molecular complexity index is 741. The van der Waals surface area contributed by atoms with Crippen LogP contribution in [0.1, 0.15) is 46.6 Å². The molecular formula is C21H37NO5SSi. The first-order valence-corrected chi connectivity index (χ1v) is 13.7. The summed E-state index contributed by atoms with van der Waals surface area (Å²) < 4.78 is 39.8. The standard InChI is InChI=1S/C21H37NO5SSi/c1-20(2,3)29(9,10)27-14-13-18(22-28(23)21(4,5)26-8)17-12-11-16(24-6)15-19(17)25-7/h11-12,15H,13-14H2,1-10H3. The third-order valence-corrected chi connectivity index (χ3v) is 11.4. The molecule has 0 fully saturated rings. The van der Waals surface area contributed by atoms with Gasteiger partial charge in [0, 0.05) is 31.8 Å². The maximum absolute atomic E-state index is 12.8. The summed E-state index contributed by atoms with van der Waals surface area (Å²) in [5.74, 6) is 1.29. The predicted octanol–water partition coefficient (Wildman–Crippen LogP) is 4.95. The van der Waals surface area contributed by atoms with Crippen molar-refractivity contribution in [3.63, 3.8) is 0 Å². The zero-order valence-corrected chi connectivity index (χ0v) is 21.4. The fourth-order valence-electron chi connectivity index (χ4n) is 2.17. The number of rotatable bonds is 10. The van der Waals surface area contributed by atoms with Crippen LogP contribution in [-0.4, -0.2) is 51.1 Å². The Labute approximate surface area is 179 Å². The third kappa shape index (κ3) is 6.91. The van der Waals surface area contributed by atoms with Gasteiger partial charge in [-0.2, -0.15) is 4.40 Å². The van der Waals surface area contributed by atoms with Crippen molar-refractivity contribution in [2.75, 3.05) is 27.9 Å². The first-order chi connectivity index (χ1) is 13.3. The van der Waals surface area contributed by atoms with E-state index in [-0.39, 0.29) is 5.04 Å². The zero-order valence-electron chi connectivity index (χ0n) is 19.5. The van der Waals surface area contributed by atoms with E-state index in [1.54, 1.807) is 34.1 Å². The van der Waals surface area contributed by atoms with E-state index in [1.165, 1.54) is 7.11 Å². The van der Waals surface area contributed by atoms with Crippen LogP contribution in [0, 0.1) is 0 Å². The van der Waals surface area contributed by atoms with Crippen molar-refractivity contribution in [3.8, 4) is 11.5 Å². The molecule has 0 saturated carbocycles. The highest BCUT2D eigenvalue weighted by Gasteiger charge is 2.37. The van der Waals surface area contributed by atoms with E-state index in [0.717, 1.165) is 5.56 Å². The summed E-state index contributed by atoms with van der Waals surface area (Å²) in [6.45, 7) is 15.0. The molecule has 0 heterocycles. The zero-order chi connectivity index (χ0) is 22.5. The predicted molar refractivity (Wildman–Crippen MR) is 123 cm³/mol. The van der Waals surface area contributed by atoms with E-state index in [9.17, 15) is 4.21 Å². The molecule has 1 unspecified atom stereocenters. The number of hydrogen-bond acceptors (Lipinski definition) is 5. The van der Waals surface area contributed by atoms with Crippen LogP contribution in [0.15, 0.2) is 22.6 Å². The Morgan fingerprint density at radius 3 is 2.17 bits per heavy atom. The lowest BCUT2D eigenvalue weighted by atomic mass is 10.1.